The van der Waals surface area contributed by atoms with Gasteiger partial charge in [0.25, 0.3) is 0 Å². The van der Waals surface area contributed by atoms with E-state index in [1.165, 1.54) is 54.4 Å². The molecular weight excluding hydrogens is 972 g/mol. The minimum absolute atomic E-state index is 0.00370. The van der Waals surface area contributed by atoms with Gasteiger partial charge in [0.05, 0.1) is 57.1 Å². The Morgan fingerprint density at radius 3 is 1.69 bits per heavy atom. The molecular formula is C39H45Br3N4O13. The number of fused-ring (bicyclic) bond motifs is 1. The van der Waals surface area contributed by atoms with Gasteiger partial charge >= 0.3 is 35.5 Å². The van der Waals surface area contributed by atoms with Crippen molar-refractivity contribution in [2.24, 2.45) is 0 Å². The number of halogens is 3. The topological polar surface area (TPSA) is 228 Å². The third kappa shape index (κ3) is 12.5. The third-order valence-electron chi connectivity index (χ3n) is 8.50. The van der Waals surface area contributed by atoms with Crippen LogP contribution in [0.5, 0.6) is 0 Å². The normalized spacial score (nSPS) is 12.6. The fraction of sp³-hybridized carbons (Fsp3) is 0.385. The Morgan fingerprint density at radius 1 is 0.712 bits per heavy atom. The Bertz CT molecular complexity index is 2140. The summed E-state index contributed by atoms with van der Waals surface area (Å²) < 4.78 is 24.8. The molecule has 0 spiro atoms. The van der Waals surface area contributed by atoms with Gasteiger partial charge in [0.1, 0.15) is 16.8 Å². The number of carbonyl (C=O) groups excluding carboxylic acids is 6. The van der Waals surface area contributed by atoms with E-state index in [0.717, 1.165) is 12.8 Å². The number of Topliss-reactive ketones (excluding diaryl/α,β-unsaturated/α-hetero) is 1. The zero-order valence-corrected chi connectivity index (χ0v) is 38.9. The Hall–Kier alpha value is -5.08. The number of nitro groups is 1. The fourth-order valence-corrected chi connectivity index (χ4v) is 6.79. The van der Waals surface area contributed by atoms with Crippen LogP contribution in [-0.2, 0) is 44.5 Å². The smallest absolute Gasteiger partial charge is 0.346 e. The van der Waals surface area contributed by atoms with Gasteiger partial charge in [-0.05, 0) is 137 Å². The van der Waals surface area contributed by atoms with Crippen LogP contribution in [0.2, 0.25) is 0 Å². The highest BCUT2D eigenvalue weighted by atomic mass is 79.9. The number of nitrogens with zero attached hydrogens (tertiary/aromatic N) is 1. The van der Waals surface area contributed by atoms with Crippen molar-refractivity contribution in [3.63, 3.8) is 0 Å². The van der Waals surface area contributed by atoms with Crippen molar-refractivity contribution in [1.82, 2.24) is 0 Å². The van der Waals surface area contributed by atoms with E-state index in [9.17, 15) is 38.9 Å². The highest BCUT2D eigenvalue weighted by Gasteiger charge is 2.37. The maximum absolute atomic E-state index is 12.0. The molecule has 4 rings (SSSR count). The first kappa shape index (κ1) is 50.1. The van der Waals surface area contributed by atoms with Gasteiger partial charge in [-0.15, -0.1) is 0 Å². The molecule has 3 N–H and O–H groups in total. The Balaban J connectivity index is 0.000000307. The van der Waals surface area contributed by atoms with Gasteiger partial charge in [-0.3, -0.25) is 14.9 Å². The van der Waals surface area contributed by atoms with E-state index < -0.39 is 57.1 Å². The van der Waals surface area contributed by atoms with Crippen LogP contribution < -0.4 is 16.0 Å². The number of nitro benzene ring substituents is 1. The molecule has 0 amide bonds. The van der Waals surface area contributed by atoms with Gasteiger partial charge in [0.15, 0.2) is 11.3 Å². The molecule has 3 aromatic carbocycles. The van der Waals surface area contributed by atoms with E-state index in [2.05, 4.69) is 78.0 Å². The molecule has 3 aromatic rings. The van der Waals surface area contributed by atoms with Crippen LogP contribution in [0.25, 0.3) is 0 Å². The number of ether oxygens (including phenoxy) is 5. The molecule has 0 radical (unpaired) electrons. The van der Waals surface area contributed by atoms with Crippen LogP contribution in [0.1, 0.15) is 78.2 Å². The van der Waals surface area contributed by atoms with E-state index in [0.29, 0.717) is 31.3 Å². The van der Waals surface area contributed by atoms with Crippen molar-refractivity contribution >= 4 is 106 Å². The lowest BCUT2D eigenvalue weighted by atomic mass is 9.86. The first-order chi connectivity index (χ1) is 27.3. The second-order valence-electron chi connectivity index (χ2n) is 14.0. The van der Waals surface area contributed by atoms with Gasteiger partial charge in [-0.25, -0.2) is 24.0 Å². The van der Waals surface area contributed by atoms with Gasteiger partial charge in [0.2, 0.25) is 0 Å². The van der Waals surface area contributed by atoms with Crippen molar-refractivity contribution in [2.75, 3.05) is 51.5 Å². The van der Waals surface area contributed by atoms with E-state index in [1.54, 1.807) is 38.1 Å². The molecule has 20 heteroatoms. The molecule has 0 unspecified atom stereocenters. The minimum Gasteiger partial charge on any atom is -0.467 e. The largest absolute Gasteiger partial charge is 0.467 e. The molecule has 0 fully saturated rings. The summed E-state index contributed by atoms with van der Waals surface area (Å²) in [7, 11) is 6.30. The number of methoxy groups -OCH3 is 5. The van der Waals surface area contributed by atoms with Gasteiger partial charge in [-0.1, -0.05) is 0 Å². The van der Waals surface area contributed by atoms with E-state index in [4.69, 9.17) is 9.47 Å². The molecule has 59 heavy (non-hydrogen) atoms. The summed E-state index contributed by atoms with van der Waals surface area (Å²) in [6.07, 6.45) is 0.235. The number of hydrogen-bond donors (Lipinski definition) is 3. The standard InChI is InChI=1S/C13H15BrN2O6.C13H16BrNO4.C13H14BrNO3/c1-13(2,12(18)22-4)15-8-6-5-7(14)9(11(17)21-3)10(8)16(19)20;1-13(2,12(17)19-4)15-8-5-6-10(14)9(7-8)11(16)18-3;1-13(2)10(16)6-7-9(15-13)5-4-8(14)11(7)12(17)18-3/h5-6,15H,1-4H3;5-7,15H,1-4H3;4-5,15H,6H2,1-3H3. The summed E-state index contributed by atoms with van der Waals surface area (Å²) in [4.78, 5) is 81.1. The molecule has 1 aliphatic rings. The number of ketones is 1. The summed E-state index contributed by atoms with van der Waals surface area (Å²) in [5.41, 5.74) is -0.507. The number of carbonyl (C=O) groups is 6. The first-order valence-corrected chi connectivity index (χ1v) is 19.6. The van der Waals surface area contributed by atoms with E-state index in [1.807, 2.05) is 19.9 Å². The maximum Gasteiger partial charge on any atom is 0.346 e. The molecule has 0 aromatic heterocycles. The summed E-state index contributed by atoms with van der Waals surface area (Å²) in [6, 6.07) is 11.6. The zero-order chi connectivity index (χ0) is 45.2. The van der Waals surface area contributed by atoms with Crippen molar-refractivity contribution in [3.8, 4) is 0 Å². The van der Waals surface area contributed by atoms with Crippen LogP contribution in [0.15, 0.2) is 55.9 Å². The lowest BCUT2D eigenvalue weighted by Gasteiger charge is -2.33. The van der Waals surface area contributed by atoms with Crippen molar-refractivity contribution < 1.29 is 57.4 Å². The molecule has 1 aliphatic heterocycles. The quantitative estimate of drug-likeness (QED) is 0.0766. The molecule has 0 saturated carbocycles. The van der Waals surface area contributed by atoms with Crippen LogP contribution in [0.4, 0.5) is 22.7 Å². The predicted molar refractivity (Wildman–Crippen MR) is 229 cm³/mol. The average molecular weight is 1020 g/mol. The van der Waals surface area contributed by atoms with E-state index in [-0.39, 0.29) is 27.9 Å². The van der Waals surface area contributed by atoms with Crippen LogP contribution in [0.3, 0.4) is 0 Å². The molecule has 1 heterocycles. The van der Waals surface area contributed by atoms with Crippen LogP contribution in [-0.4, -0.2) is 92.7 Å². The number of hydrogen-bond acceptors (Lipinski definition) is 16. The monoisotopic (exact) mass is 1010 g/mol. The second kappa shape index (κ2) is 20.7. The number of benzene rings is 3. The molecule has 0 atom stereocenters. The highest BCUT2D eigenvalue weighted by Crippen LogP contribution is 2.37. The van der Waals surface area contributed by atoms with Crippen molar-refractivity contribution in [3.05, 3.63) is 88.3 Å². The van der Waals surface area contributed by atoms with Gasteiger partial charge in [-0.2, -0.15) is 0 Å². The predicted octanol–water partition coefficient (Wildman–Crippen LogP) is 7.66. The SMILES string of the molecule is COC(=O)c1c(Br)ccc(NC(C)(C)C(=O)OC)c1[N+](=O)[O-].COC(=O)c1c(Br)ccc2c1CC(=O)C(C)(C)N2.COC(=O)c1cc(NC(C)(C)C(=O)OC)ccc1Br. The second-order valence-corrected chi connectivity index (χ2v) is 16.6. The third-order valence-corrected chi connectivity index (χ3v) is 10.5. The van der Waals surface area contributed by atoms with Gasteiger partial charge < -0.3 is 39.6 Å². The van der Waals surface area contributed by atoms with Gasteiger partial charge in [0, 0.05) is 31.2 Å². The number of esters is 5. The average Bonchev–Trinajstić information content (AvgIpc) is 3.18. The Kier molecular flexibility index (Phi) is 17.6. The zero-order valence-electron chi connectivity index (χ0n) is 34.1. The lowest BCUT2D eigenvalue weighted by Crippen LogP contribution is -2.45. The summed E-state index contributed by atoms with van der Waals surface area (Å²) in [5, 5.41) is 20.2. The summed E-state index contributed by atoms with van der Waals surface area (Å²) in [6.45, 7) is 10.1. The van der Waals surface area contributed by atoms with Crippen LogP contribution >= 0.6 is 47.8 Å². The molecule has 0 bridgehead atoms. The number of anilines is 3. The Morgan fingerprint density at radius 2 is 1.19 bits per heavy atom. The number of nitrogens with one attached hydrogen (secondary N) is 3. The first-order valence-electron chi connectivity index (χ1n) is 17.2. The fourth-order valence-electron chi connectivity index (χ4n) is 5.36. The highest BCUT2D eigenvalue weighted by molar-refractivity contribution is 9.11. The Labute approximate surface area is 366 Å². The molecule has 17 nitrogen and oxygen atoms in total. The summed E-state index contributed by atoms with van der Waals surface area (Å²) in [5.74, 6) is -2.70. The minimum atomic E-state index is -1.22. The molecule has 0 aliphatic carbocycles. The molecule has 0 saturated heterocycles. The molecule has 320 valence electrons. The van der Waals surface area contributed by atoms with Crippen molar-refractivity contribution in [2.45, 2.75) is 64.6 Å². The van der Waals surface area contributed by atoms with Crippen molar-refractivity contribution in [1.29, 1.82) is 0 Å². The lowest BCUT2D eigenvalue weighted by molar-refractivity contribution is -0.384. The van der Waals surface area contributed by atoms with Crippen LogP contribution in [0, 0.1) is 10.1 Å². The summed E-state index contributed by atoms with van der Waals surface area (Å²) >= 11 is 9.69. The van der Waals surface area contributed by atoms with E-state index >= 15 is 0 Å². The maximum atomic E-state index is 12.0. The number of rotatable bonds is 10.